The van der Waals surface area contributed by atoms with Crippen molar-refractivity contribution in [2.75, 3.05) is 0 Å². The van der Waals surface area contributed by atoms with Gasteiger partial charge in [-0.05, 0) is 91.0 Å². The number of hydrogen-bond acceptors (Lipinski definition) is 0. The van der Waals surface area contributed by atoms with Gasteiger partial charge in [0.1, 0.15) is 0 Å². The topological polar surface area (TPSA) is 0 Å². The summed E-state index contributed by atoms with van der Waals surface area (Å²) < 4.78 is 0. The fourth-order valence-electron chi connectivity index (χ4n) is 5.83. The lowest BCUT2D eigenvalue weighted by atomic mass is 9.77. The lowest BCUT2D eigenvalue weighted by Gasteiger charge is -2.27. The van der Waals surface area contributed by atoms with Gasteiger partial charge in [0.2, 0.25) is 0 Å². The third kappa shape index (κ3) is 2.17. The van der Waals surface area contributed by atoms with Crippen LogP contribution in [-0.4, -0.2) is 0 Å². The van der Waals surface area contributed by atoms with Crippen molar-refractivity contribution in [3.8, 4) is 0 Å². The Bertz CT molecular complexity index is 1570. The predicted octanol–water partition coefficient (Wildman–Crippen LogP) is 8.35. The zero-order valence-corrected chi connectivity index (χ0v) is 16.9. The summed E-state index contributed by atoms with van der Waals surface area (Å²) in [6.45, 7) is 0. The van der Waals surface area contributed by atoms with Gasteiger partial charge in [-0.3, -0.25) is 0 Å². The fraction of sp³-hybridized carbons (Fsp3) is 0.133. The van der Waals surface area contributed by atoms with E-state index in [4.69, 9.17) is 0 Å². The molecule has 0 heterocycles. The largest absolute Gasteiger partial charge is 0.0839 e. The molecule has 0 aromatic heterocycles. The molecule has 0 atom stereocenters. The predicted molar refractivity (Wildman–Crippen MR) is 130 cm³/mol. The van der Waals surface area contributed by atoms with E-state index in [1.54, 1.807) is 11.1 Å². The molecule has 7 rings (SSSR count). The second-order valence-electron chi connectivity index (χ2n) is 8.76. The van der Waals surface area contributed by atoms with E-state index < -0.39 is 0 Å². The summed E-state index contributed by atoms with van der Waals surface area (Å²) in [6, 6.07) is 27.4. The van der Waals surface area contributed by atoms with E-state index >= 15 is 0 Å². The van der Waals surface area contributed by atoms with Crippen LogP contribution in [0.25, 0.3) is 48.7 Å². The maximum absolute atomic E-state index is 2.39. The van der Waals surface area contributed by atoms with Gasteiger partial charge >= 0.3 is 0 Å². The van der Waals surface area contributed by atoms with Crippen molar-refractivity contribution < 1.29 is 0 Å². The van der Waals surface area contributed by atoms with Gasteiger partial charge in [-0.25, -0.2) is 0 Å². The minimum absolute atomic E-state index is 1.15. The van der Waals surface area contributed by atoms with Crippen LogP contribution >= 0.6 is 0 Å². The molecule has 0 radical (unpaired) electrons. The molecule has 0 nitrogen and oxygen atoms in total. The van der Waals surface area contributed by atoms with E-state index in [9.17, 15) is 0 Å². The number of rotatable bonds is 0. The van der Waals surface area contributed by atoms with Gasteiger partial charge in [-0.2, -0.15) is 0 Å². The van der Waals surface area contributed by atoms with Crippen molar-refractivity contribution in [3.63, 3.8) is 0 Å². The van der Waals surface area contributed by atoms with Crippen molar-refractivity contribution in [1.82, 2.24) is 0 Å². The minimum atomic E-state index is 1.15. The molecule has 2 aliphatic rings. The van der Waals surface area contributed by atoms with Crippen LogP contribution in [-0.2, 0) is 6.42 Å². The van der Waals surface area contributed by atoms with Crippen LogP contribution < -0.4 is 0 Å². The first kappa shape index (κ1) is 16.4. The summed E-state index contributed by atoms with van der Waals surface area (Å²) in [5, 5.41) is 11.0. The molecule has 142 valence electrons. The van der Waals surface area contributed by atoms with Crippen LogP contribution in [0.15, 0.2) is 90.5 Å². The molecule has 30 heavy (non-hydrogen) atoms. The Morgan fingerprint density at radius 1 is 0.533 bits per heavy atom. The van der Waals surface area contributed by atoms with E-state index in [0.29, 0.717) is 0 Å². The Morgan fingerprint density at radius 2 is 1.23 bits per heavy atom. The first-order valence-corrected chi connectivity index (χ1v) is 11.1. The highest BCUT2D eigenvalue weighted by Crippen LogP contribution is 2.45. The summed E-state index contributed by atoms with van der Waals surface area (Å²) >= 11 is 0. The van der Waals surface area contributed by atoms with Crippen molar-refractivity contribution in [2.45, 2.75) is 25.7 Å². The summed E-state index contributed by atoms with van der Waals surface area (Å²) in [6.07, 6.45) is 9.40. The summed E-state index contributed by atoms with van der Waals surface area (Å²) in [7, 11) is 0. The van der Waals surface area contributed by atoms with E-state index in [0.717, 1.165) is 12.8 Å². The fourth-order valence-corrected chi connectivity index (χ4v) is 5.83. The Labute approximate surface area is 176 Å². The van der Waals surface area contributed by atoms with Gasteiger partial charge in [-0.15, -0.1) is 0 Å². The highest BCUT2D eigenvalue weighted by molar-refractivity contribution is 6.29. The SMILES string of the molecule is C1=CC2=C(CC1)c1c(ccc3ccc4ccc5ccc6ccccc6c5c4c13)CC2. The molecular formula is C30H22. The molecule has 0 saturated heterocycles. The van der Waals surface area contributed by atoms with Gasteiger partial charge in [0.25, 0.3) is 0 Å². The Morgan fingerprint density at radius 3 is 2.10 bits per heavy atom. The van der Waals surface area contributed by atoms with Gasteiger partial charge in [0.05, 0.1) is 0 Å². The molecule has 0 N–H and O–H groups in total. The first-order chi connectivity index (χ1) is 14.9. The van der Waals surface area contributed by atoms with E-state index in [2.05, 4.69) is 84.9 Å². The molecule has 0 fully saturated rings. The Hall–Kier alpha value is -3.38. The number of fused-ring (bicyclic) bond motifs is 10. The van der Waals surface area contributed by atoms with Crippen molar-refractivity contribution in [1.29, 1.82) is 0 Å². The molecule has 2 aliphatic carbocycles. The smallest absolute Gasteiger partial charge is 0.00143 e. The highest BCUT2D eigenvalue weighted by Gasteiger charge is 2.23. The second kappa shape index (κ2) is 6.06. The van der Waals surface area contributed by atoms with Crippen molar-refractivity contribution in [3.05, 3.63) is 102 Å². The van der Waals surface area contributed by atoms with Gasteiger partial charge in [0, 0.05) is 0 Å². The average Bonchev–Trinajstić information content (AvgIpc) is 2.82. The number of benzene rings is 5. The van der Waals surface area contributed by atoms with Crippen LogP contribution in [0.1, 0.15) is 30.4 Å². The van der Waals surface area contributed by atoms with Gasteiger partial charge in [-0.1, -0.05) is 84.9 Å². The molecule has 5 aromatic carbocycles. The van der Waals surface area contributed by atoms with Gasteiger partial charge in [0.15, 0.2) is 0 Å². The standard InChI is InChI=1S/C30H22/c1-3-7-25-19(5-1)9-11-21-13-15-23-17-18-24-16-14-22-12-10-20-6-2-4-8-26(20)28(22)30(24)29(23)27(21)25/h1-3,5-7,9,11,13-18H,4,8,10,12H2. The molecule has 0 heteroatoms. The maximum atomic E-state index is 2.39. The maximum Gasteiger partial charge on any atom is -0.00143 e. The zero-order valence-electron chi connectivity index (χ0n) is 16.9. The molecule has 0 aliphatic heterocycles. The third-order valence-electron chi connectivity index (χ3n) is 7.19. The highest BCUT2D eigenvalue weighted by atomic mass is 14.3. The molecule has 0 bridgehead atoms. The van der Waals surface area contributed by atoms with Crippen LogP contribution in [0.4, 0.5) is 0 Å². The lowest BCUT2D eigenvalue weighted by molar-refractivity contribution is 0.901. The summed E-state index contributed by atoms with van der Waals surface area (Å²) in [5.74, 6) is 0. The Kier molecular flexibility index (Phi) is 3.32. The second-order valence-corrected chi connectivity index (χ2v) is 8.76. The lowest BCUT2D eigenvalue weighted by Crippen LogP contribution is -2.07. The number of allylic oxidation sites excluding steroid dienone is 4. The minimum Gasteiger partial charge on any atom is -0.0839 e. The average molecular weight is 383 g/mol. The van der Waals surface area contributed by atoms with E-state index in [1.807, 2.05) is 0 Å². The molecule has 0 spiro atoms. The first-order valence-electron chi connectivity index (χ1n) is 11.1. The van der Waals surface area contributed by atoms with Crippen molar-refractivity contribution in [2.24, 2.45) is 0 Å². The van der Waals surface area contributed by atoms with Gasteiger partial charge < -0.3 is 0 Å². The summed E-state index contributed by atoms with van der Waals surface area (Å²) in [5.41, 5.74) is 6.21. The molecule has 0 saturated carbocycles. The van der Waals surface area contributed by atoms with Crippen LogP contribution in [0.2, 0.25) is 0 Å². The van der Waals surface area contributed by atoms with Crippen molar-refractivity contribution >= 4 is 48.7 Å². The molecular weight excluding hydrogens is 360 g/mol. The molecule has 0 amide bonds. The molecule has 0 unspecified atom stereocenters. The van der Waals surface area contributed by atoms with E-state index in [1.165, 1.54) is 67.1 Å². The zero-order chi connectivity index (χ0) is 19.7. The van der Waals surface area contributed by atoms with Crippen LogP contribution in [0.5, 0.6) is 0 Å². The normalized spacial score (nSPS) is 15.9. The quantitative estimate of drug-likeness (QED) is 0.236. The third-order valence-corrected chi connectivity index (χ3v) is 7.19. The van der Waals surface area contributed by atoms with Crippen LogP contribution in [0, 0.1) is 0 Å². The number of aryl methyl sites for hydroxylation is 1. The Balaban J connectivity index is 1.78. The molecule has 5 aromatic rings. The summed E-state index contributed by atoms with van der Waals surface area (Å²) in [4.78, 5) is 0. The monoisotopic (exact) mass is 382 g/mol. The van der Waals surface area contributed by atoms with Crippen LogP contribution in [0.3, 0.4) is 0 Å². The van der Waals surface area contributed by atoms with E-state index in [-0.39, 0.29) is 0 Å². The number of hydrogen-bond donors (Lipinski definition) is 0.